The lowest BCUT2D eigenvalue weighted by Gasteiger charge is -2.28. The van der Waals surface area contributed by atoms with Gasteiger partial charge in [-0.25, -0.2) is 0 Å². The summed E-state index contributed by atoms with van der Waals surface area (Å²) in [6, 6.07) is 79.7. The van der Waals surface area contributed by atoms with E-state index >= 15 is 0 Å². The fraction of sp³-hybridized carbons (Fsp3) is 0.0492. The summed E-state index contributed by atoms with van der Waals surface area (Å²) in [6.07, 6.45) is 0. The number of hydrogen-bond acceptors (Lipinski definition) is 2. The minimum Gasteiger partial charge on any atom is -0.456 e. The first-order chi connectivity index (χ1) is 31.5. The van der Waals surface area contributed by atoms with Gasteiger partial charge >= 0.3 is 0 Å². The Morgan fingerprint density at radius 1 is 0.391 bits per heavy atom. The zero-order chi connectivity index (χ0) is 42.5. The van der Waals surface area contributed by atoms with Crippen LogP contribution in [0.1, 0.15) is 25.0 Å². The van der Waals surface area contributed by atoms with Crippen molar-refractivity contribution in [2.75, 3.05) is 4.90 Å². The number of benzene rings is 10. The zero-order valence-corrected chi connectivity index (χ0v) is 35.6. The molecule has 1 aliphatic carbocycles. The molecule has 12 aromatic rings. The predicted octanol–water partition coefficient (Wildman–Crippen LogP) is 16.9. The van der Waals surface area contributed by atoms with Crippen LogP contribution in [0.25, 0.3) is 93.6 Å². The third kappa shape index (κ3) is 5.54. The van der Waals surface area contributed by atoms with Crippen molar-refractivity contribution in [3.8, 4) is 39.1 Å². The molecule has 2 heterocycles. The van der Waals surface area contributed by atoms with Gasteiger partial charge < -0.3 is 13.9 Å². The van der Waals surface area contributed by atoms with E-state index in [0.29, 0.717) is 0 Å². The molecule has 0 aliphatic heterocycles. The SMILES string of the molecule is CC1(C)c2ccccc2-c2ccc(N(c3ccc(-c4ccc5c(c4)c4cc6ccc7oc8ccccc8c7c6cc4n5-c4ccccc4)cc3)c3cccc(-c4ccccc4)c3)cc21. The predicted molar refractivity (Wildman–Crippen MR) is 269 cm³/mol. The van der Waals surface area contributed by atoms with Crippen LogP contribution >= 0.6 is 0 Å². The molecule has 13 rings (SSSR count). The minimum atomic E-state index is -0.113. The fourth-order valence-electron chi connectivity index (χ4n) is 10.6. The van der Waals surface area contributed by atoms with Gasteiger partial charge in [-0.1, -0.05) is 147 Å². The monoisotopic (exact) mass is 818 g/mol. The lowest BCUT2D eigenvalue weighted by atomic mass is 9.82. The maximum Gasteiger partial charge on any atom is 0.136 e. The number of nitrogens with zero attached hydrogens (tertiary/aromatic N) is 2. The van der Waals surface area contributed by atoms with Crippen LogP contribution in [0, 0.1) is 0 Å². The van der Waals surface area contributed by atoms with Gasteiger partial charge in [-0.3, -0.25) is 0 Å². The number of anilines is 3. The third-order valence-electron chi connectivity index (χ3n) is 13.8. The molecule has 0 N–H and O–H groups in total. The molecule has 0 atom stereocenters. The van der Waals surface area contributed by atoms with Crippen molar-refractivity contribution in [2.24, 2.45) is 0 Å². The van der Waals surface area contributed by atoms with Gasteiger partial charge in [-0.05, 0) is 140 Å². The molecule has 10 aromatic carbocycles. The van der Waals surface area contributed by atoms with E-state index < -0.39 is 0 Å². The lowest BCUT2D eigenvalue weighted by Crippen LogP contribution is -2.16. The Labute approximate surface area is 371 Å². The van der Waals surface area contributed by atoms with E-state index in [4.69, 9.17) is 4.42 Å². The summed E-state index contributed by atoms with van der Waals surface area (Å²) in [5, 5.41) is 7.15. The third-order valence-corrected chi connectivity index (χ3v) is 13.8. The lowest BCUT2D eigenvalue weighted by molar-refractivity contribution is 0.660. The Kier molecular flexibility index (Phi) is 7.95. The van der Waals surface area contributed by atoms with Gasteiger partial charge in [0.05, 0.1) is 11.0 Å². The van der Waals surface area contributed by atoms with E-state index in [1.54, 1.807) is 0 Å². The van der Waals surface area contributed by atoms with Crippen molar-refractivity contribution in [1.82, 2.24) is 4.57 Å². The van der Waals surface area contributed by atoms with Gasteiger partial charge in [-0.15, -0.1) is 0 Å². The van der Waals surface area contributed by atoms with Crippen LogP contribution < -0.4 is 4.90 Å². The number of fused-ring (bicyclic) bond motifs is 11. The van der Waals surface area contributed by atoms with Gasteiger partial charge in [0.25, 0.3) is 0 Å². The van der Waals surface area contributed by atoms with Crippen LogP contribution in [-0.2, 0) is 5.41 Å². The molecule has 64 heavy (non-hydrogen) atoms. The van der Waals surface area contributed by atoms with Gasteiger partial charge in [0.15, 0.2) is 0 Å². The smallest absolute Gasteiger partial charge is 0.136 e. The van der Waals surface area contributed by atoms with Crippen molar-refractivity contribution in [2.45, 2.75) is 19.3 Å². The van der Waals surface area contributed by atoms with E-state index in [9.17, 15) is 0 Å². The van der Waals surface area contributed by atoms with Crippen molar-refractivity contribution >= 4 is 71.6 Å². The molecule has 0 saturated carbocycles. The summed E-state index contributed by atoms with van der Waals surface area (Å²) in [5.41, 5.74) is 18.7. The minimum absolute atomic E-state index is 0.113. The Bertz CT molecular complexity index is 3800. The number of hydrogen-bond donors (Lipinski definition) is 0. The second-order valence-electron chi connectivity index (χ2n) is 17.7. The Morgan fingerprint density at radius 3 is 1.91 bits per heavy atom. The number of aromatic nitrogens is 1. The van der Waals surface area contributed by atoms with Crippen LogP contribution in [0.3, 0.4) is 0 Å². The van der Waals surface area contributed by atoms with Crippen LogP contribution in [0.2, 0.25) is 0 Å². The molecule has 3 nitrogen and oxygen atoms in total. The summed E-state index contributed by atoms with van der Waals surface area (Å²) in [4.78, 5) is 2.41. The number of furan rings is 1. The van der Waals surface area contributed by atoms with Crippen LogP contribution in [0.4, 0.5) is 17.1 Å². The van der Waals surface area contributed by atoms with Crippen molar-refractivity contribution < 1.29 is 4.42 Å². The summed E-state index contributed by atoms with van der Waals surface area (Å²) in [6.45, 7) is 4.71. The highest BCUT2D eigenvalue weighted by Gasteiger charge is 2.35. The maximum absolute atomic E-state index is 6.34. The zero-order valence-electron chi connectivity index (χ0n) is 35.6. The molecule has 0 unspecified atom stereocenters. The van der Waals surface area contributed by atoms with Crippen molar-refractivity contribution in [3.05, 3.63) is 230 Å². The quantitative estimate of drug-likeness (QED) is 0.167. The molecule has 0 fully saturated rings. The molecule has 0 spiro atoms. The largest absolute Gasteiger partial charge is 0.456 e. The van der Waals surface area contributed by atoms with Crippen LogP contribution in [0.15, 0.2) is 223 Å². The molecule has 0 amide bonds. The molecule has 0 saturated heterocycles. The van der Waals surface area contributed by atoms with Crippen molar-refractivity contribution in [1.29, 1.82) is 0 Å². The molecule has 0 radical (unpaired) electrons. The van der Waals surface area contributed by atoms with Crippen LogP contribution in [0.5, 0.6) is 0 Å². The Balaban J connectivity index is 0.954. The first-order valence-electron chi connectivity index (χ1n) is 22.2. The molecule has 2 aromatic heterocycles. The summed E-state index contributed by atoms with van der Waals surface area (Å²) >= 11 is 0. The van der Waals surface area contributed by atoms with E-state index in [-0.39, 0.29) is 5.41 Å². The average Bonchev–Trinajstić information content (AvgIpc) is 3.96. The fourth-order valence-corrected chi connectivity index (χ4v) is 10.6. The Morgan fingerprint density at radius 2 is 1.05 bits per heavy atom. The normalized spacial score (nSPS) is 13.0. The van der Waals surface area contributed by atoms with Crippen LogP contribution in [-0.4, -0.2) is 4.57 Å². The molecular weight excluding hydrogens is 777 g/mol. The van der Waals surface area contributed by atoms with Gasteiger partial charge in [0, 0.05) is 49.7 Å². The first-order valence-corrected chi connectivity index (χ1v) is 22.2. The van der Waals surface area contributed by atoms with Gasteiger partial charge in [0.2, 0.25) is 0 Å². The van der Waals surface area contributed by atoms with Gasteiger partial charge in [0.1, 0.15) is 11.2 Å². The summed E-state index contributed by atoms with van der Waals surface area (Å²) in [7, 11) is 0. The maximum atomic E-state index is 6.34. The molecule has 3 heteroatoms. The van der Waals surface area contributed by atoms with E-state index in [1.165, 1.54) is 77.1 Å². The summed E-state index contributed by atoms with van der Waals surface area (Å²) < 4.78 is 8.75. The first kappa shape index (κ1) is 36.5. The second kappa shape index (κ2) is 13.9. The summed E-state index contributed by atoms with van der Waals surface area (Å²) in [5.74, 6) is 0. The highest BCUT2D eigenvalue weighted by molar-refractivity contribution is 6.23. The average molecular weight is 819 g/mol. The van der Waals surface area contributed by atoms with E-state index in [1.807, 2.05) is 6.07 Å². The van der Waals surface area contributed by atoms with Gasteiger partial charge in [-0.2, -0.15) is 0 Å². The second-order valence-corrected chi connectivity index (χ2v) is 17.7. The van der Waals surface area contributed by atoms with Crippen molar-refractivity contribution in [3.63, 3.8) is 0 Å². The molecular formula is C61H42N2O. The highest BCUT2D eigenvalue weighted by atomic mass is 16.3. The topological polar surface area (TPSA) is 21.3 Å². The number of rotatable bonds is 6. The Hall–Kier alpha value is -8.14. The molecule has 302 valence electrons. The van der Waals surface area contributed by atoms with E-state index in [0.717, 1.165) is 44.7 Å². The van der Waals surface area contributed by atoms with E-state index in [2.05, 4.69) is 236 Å². The highest BCUT2D eigenvalue weighted by Crippen LogP contribution is 2.51. The molecule has 1 aliphatic rings. The molecule has 0 bridgehead atoms. The standard InChI is InChI=1S/C61H42N2O/c1-61(2)54-22-11-9-20-48(54)49-31-30-47(37-55(49)61)62(46-19-13-16-41(34-46)39-14-5-3-6-15-39)45-28-24-40(25-29-45)42-26-32-56-52(35-42)53-36-43-27-33-59-60(50-21-10-12-23-58(50)64-59)51(43)38-57(53)63(56)44-17-7-4-8-18-44/h3-38H,1-2H3. The number of para-hydroxylation sites is 2.